The van der Waals surface area contributed by atoms with Crippen LogP contribution in [0.2, 0.25) is 0 Å². The first-order valence-electron chi connectivity index (χ1n) is 9.69. The molecule has 0 fully saturated rings. The number of nitrogens with zero attached hydrogens (tertiary/aromatic N) is 2. The van der Waals surface area contributed by atoms with Crippen LogP contribution in [0.4, 0.5) is 0 Å². The topological polar surface area (TPSA) is 92.4 Å². The highest BCUT2D eigenvalue weighted by molar-refractivity contribution is 5.97. The number of carboxylic acid groups (broad SMARTS) is 1. The van der Waals surface area contributed by atoms with E-state index in [2.05, 4.69) is 4.98 Å². The number of pyridine rings is 2. The molecular weight excluding hydrogens is 392 g/mol. The molecule has 0 saturated carbocycles. The number of benzene rings is 2. The summed E-state index contributed by atoms with van der Waals surface area (Å²) >= 11 is 0. The van der Waals surface area contributed by atoms with Crippen LogP contribution >= 0.6 is 0 Å². The quantitative estimate of drug-likeness (QED) is 0.519. The van der Waals surface area contributed by atoms with Crippen LogP contribution in [0, 0.1) is 0 Å². The van der Waals surface area contributed by atoms with Gasteiger partial charge in [0.2, 0.25) is 0 Å². The zero-order valence-electron chi connectivity index (χ0n) is 16.8. The third-order valence-electron chi connectivity index (χ3n) is 5.08. The summed E-state index contributed by atoms with van der Waals surface area (Å²) in [5.41, 5.74) is 1.98. The van der Waals surface area contributed by atoms with Crippen LogP contribution in [0.25, 0.3) is 23.1 Å². The first kappa shape index (κ1) is 20.3. The van der Waals surface area contributed by atoms with Crippen LogP contribution in [0.1, 0.15) is 38.8 Å². The van der Waals surface area contributed by atoms with Gasteiger partial charge in [-0.2, -0.15) is 0 Å². The molecule has 1 unspecified atom stereocenters. The van der Waals surface area contributed by atoms with Crippen molar-refractivity contribution in [2.24, 2.45) is 7.05 Å². The minimum absolute atomic E-state index is 0.0804. The minimum atomic E-state index is -1.18. The van der Waals surface area contributed by atoms with E-state index in [1.54, 1.807) is 37.5 Å². The molecule has 4 rings (SSSR count). The molecule has 0 radical (unpaired) electrons. The summed E-state index contributed by atoms with van der Waals surface area (Å²) in [5, 5.41) is 20.8. The molecule has 2 aromatic heterocycles. The molecule has 1 atom stereocenters. The van der Waals surface area contributed by atoms with E-state index in [0.717, 1.165) is 5.56 Å². The van der Waals surface area contributed by atoms with Crippen molar-refractivity contribution in [1.82, 2.24) is 9.55 Å². The van der Waals surface area contributed by atoms with Crippen LogP contribution in [0.15, 0.2) is 77.7 Å². The third-order valence-corrected chi connectivity index (χ3v) is 5.08. The summed E-state index contributed by atoms with van der Waals surface area (Å²) in [4.78, 5) is 29.1. The largest absolute Gasteiger partial charge is 0.478 e. The van der Waals surface area contributed by atoms with Gasteiger partial charge < -0.3 is 14.8 Å². The Balaban J connectivity index is 1.95. The van der Waals surface area contributed by atoms with E-state index in [-0.39, 0.29) is 27.7 Å². The second-order valence-electron chi connectivity index (χ2n) is 7.18. The molecule has 0 bridgehead atoms. The van der Waals surface area contributed by atoms with E-state index in [9.17, 15) is 19.8 Å². The molecular formula is C25H20N2O4. The first-order valence-corrected chi connectivity index (χ1v) is 9.69. The number of hydrogen-bond acceptors (Lipinski definition) is 4. The molecule has 0 aliphatic heterocycles. The lowest BCUT2D eigenvalue weighted by Crippen LogP contribution is -2.20. The van der Waals surface area contributed by atoms with Crippen LogP contribution in [-0.2, 0) is 7.05 Å². The van der Waals surface area contributed by atoms with Crippen LogP contribution < -0.4 is 5.56 Å². The number of aliphatic hydroxyl groups excluding tert-OH is 1. The van der Waals surface area contributed by atoms with Gasteiger partial charge in [0, 0.05) is 18.8 Å². The number of carbonyl (C=O) groups is 1. The van der Waals surface area contributed by atoms with E-state index in [1.165, 1.54) is 10.6 Å². The van der Waals surface area contributed by atoms with Crippen LogP contribution in [-0.4, -0.2) is 25.7 Å². The Morgan fingerprint density at radius 1 is 1.03 bits per heavy atom. The van der Waals surface area contributed by atoms with Gasteiger partial charge in [0.15, 0.2) is 0 Å². The van der Waals surface area contributed by atoms with Crippen molar-refractivity contribution >= 4 is 29.0 Å². The maximum Gasteiger partial charge on any atom is 0.337 e. The van der Waals surface area contributed by atoms with E-state index in [0.29, 0.717) is 11.1 Å². The average molecular weight is 412 g/mol. The zero-order chi connectivity index (χ0) is 22.0. The van der Waals surface area contributed by atoms with E-state index < -0.39 is 12.1 Å². The molecule has 2 aromatic carbocycles. The molecule has 0 aliphatic carbocycles. The molecule has 2 N–H and O–H groups in total. The van der Waals surface area contributed by atoms with Crippen molar-refractivity contribution in [2.75, 3.05) is 0 Å². The minimum Gasteiger partial charge on any atom is -0.478 e. The van der Waals surface area contributed by atoms with E-state index in [4.69, 9.17) is 0 Å². The SMILES string of the molecule is Cn1cc(C(O)c2ccccc2)c2nc(C=Cc3ccccc3)c(C(=O)O)cc2c1=O. The lowest BCUT2D eigenvalue weighted by molar-refractivity contribution is 0.0696. The number of aliphatic hydroxyl groups is 1. The second kappa shape index (κ2) is 8.38. The highest BCUT2D eigenvalue weighted by atomic mass is 16.4. The summed E-state index contributed by atoms with van der Waals surface area (Å²) in [5.74, 6) is -1.18. The Morgan fingerprint density at radius 3 is 2.32 bits per heavy atom. The standard InChI is InChI=1S/C25H20N2O4/c1-27-15-20(23(28)17-10-6-3-7-11-17)22-19(24(27)29)14-18(25(30)31)21(26-22)13-12-16-8-4-2-5-9-16/h2-15,23,28H,1H3,(H,30,31). The van der Waals surface area contributed by atoms with Gasteiger partial charge in [-0.15, -0.1) is 0 Å². The lowest BCUT2D eigenvalue weighted by atomic mass is 9.99. The van der Waals surface area contributed by atoms with Crippen molar-refractivity contribution in [2.45, 2.75) is 6.10 Å². The van der Waals surface area contributed by atoms with Crippen molar-refractivity contribution in [3.63, 3.8) is 0 Å². The fourth-order valence-corrected chi connectivity index (χ4v) is 3.48. The molecule has 6 heteroatoms. The van der Waals surface area contributed by atoms with Crippen molar-refractivity contribution < 1.29 is 15.0 Å². The zero-order valence-corrected chi connectivity index (χ0v) is 16.8. The molecule has 6 nitrogen and oxygen atoms in total. The first-order chi connectivity index (χ1) is 15.0. The molecule has 0 spiro atoms. The summed E-state index contributed by atoms with van der Waals surface area (Å²) < 4.78 is 1.33. The van der Waals surface area contributed by atoms with Gasteiger partial charge in [-0.1, -0.05) is 66.7 Å². The van der Waals surface area contributed by atoms with Crippen LogP contribution in [0.5, 0.6) is 0 Å². The molecule has 0 saturated heterocycles. The highest BCUT2D eigenvalue weighted by Gasteiger charge is 2.21. The summed E-state index contributed by atoms with van der Waals surface area (Å²) in [6.07, 6.45) is 3.88. The predicted molar refractivity (Wildman–Crippen MR) is 120 cm³/mol. The van der Waals surface area contributed by atoms with E-state index >= 15 is 0 Å². The van der Waals surface area contributed by atoms with Crippen molar-refractivity contribution in [3.05, 3.63) is 111 Å². The average Bonchev–Trinajstić information content (AvgIpc) is 2.80. The smallest absolute Gasteiger partial charge is 0.337 e. The molecule has 154 valence electrons. The van der Waals surface area contributed by atoms with Gasteiger partial charge in [-0.05, 0) is 23.3 Å². The lowest BCUT2D eigenvalue weighted by Gasteiger charge is -2.16. The molecule has 4 aromatic rings. The number of aryl methyl sites for hydroxylation is 1. The molecule has 31 heavy (non-hydrogen) atoms. The Morgan fingerprint density at radius 2 is 1.68 bits per heavy atom. The van der Waals surface area contributed by atoms with Gasteiger partial charge >= 0.3 is 5.97 Å². The molecule has 2 heterocycles. The van der Waals surface area contributed by atoms with Gasteiger partial charge in [-0.25, -0.2) is 9.78 Å². The number of aromatic nitrogens is 2. The van der Waals surface area contributed by atoms with Gasteiger partial charge in [-0.3, -0.25) is 4.79 Å². The summed E-state index contributed by atoms with van der Waals surface area (Å²) in [7, 11) is 1.56. The number of fused-ring (bicyclic) bond motifs is 1. The number of aromatic carboxylic acids is 1. The van der Waals surface area contributed by atoms with Gasteiger partial charge in [0.25, 0.3) is 5.56 Å². The second-order valence-corrected chi connectivity index (χ2v) is 7.18. The third kappa shape index (κ3) is 4.01. The summed E-state index contributed by atoms with van der Waals surface area (Å²) in [6, 6.07) is 19.8. The highest BCUT2D eigenvalue weighted by Crippen LogP contribution is 2.28. The Bertz CT molecular complexity index is 1340. The van der Waals surface area contributed by atoms with Crippen molar-refractivity contribution in [3.8, 4) is 0 Å². The Labute approximate surface area is 178 Å². The van der Waals surface area contributed by atoms with Gasteiger partial charge in [0.1, 0.15) is 6.10 Å². The maximum atomic E-state index is 12.7. The summed E-state index contributed by atoms with van der Waals surface area (Å²) in [6.45, 7) is 0. The monoisotopic (exact) mass is 412 g/mol. The fraction of sp³-hybridized carbons (Fsp3) is 0.0800. The maximum absolute atomic E-state index is 12.7. The predicted octanol–water partition coefficient (Wildman–Crippen LogP) is 3.88. The number of hydrogen-bond donors (Lipinski definition) is 2. The number of rotatable bonds is 5. The number of carboxylic acids is 1. The Kier molecular flexibility index (Phi) is 5.47. The Hall–Kier alpha value is -4.03. The molecule has 0 amide bonds. The van der Waals surface area contributed by atoms with E-state index in [1.807, 2.05) is 48.5 Å². The van der Waals surface area contributed by atoms with Crippen LogP contribution in [0.3, 0.4) is 0 Å². The van der Waals surface area contributed by atoms with Crippen molar-refractivity contribution in [1.29, 1.82) is 0 Å². The van der Waals surface area contributed by atoms with Gasteiger partial charge in [0.05, 0.1) is 22.2 Å². The normalized spacial score (nSPS) is 12.3. The fourth-order valence-electron chi connectivity index (χ4n) is 3.48. The molecule has 0 aliphatic rings.